The Kier molecular flexibility index (Phi) is 4.18. The van der Waals surface area contributed by atoms with E-state index in [9.17, 15) is 0 Å². The van der Waals surface area contributed by atoms with E-state index in [1.807, 2.05) is 6.26 Å². The van der Waals surface area contributed by atoms with Crippen LogP contribution < -0.4 is 5.32 Å². The molecule has 1 atom stereocenters. The molecule has 0 amide bonds. The molecule has 112 valence electrons. The summed E-state index contributed by atoms with van der Waals surface area (Å²) in [5.41, 5.74) is 1.76. The topological polar surface area (TPSA) is 28.4 Å². The number of hydrogen-bond donors (Lipinski definition) is 1. The van der Waals surface area contributed by atoms with Crippen molar-refractivity contribution in [3.63, 3.8) is 0 Å². The molecule has 1 unspecified atom stereocenters. The number of rotatable bonds is 4. The first-order chi connectivity index (χ1) is 9.71. The minimum atomic E-state index is 0.361. The van der Waals surface area contributed by atoms with Gasteiger partial charge in [0.25, 0.3) is 0 Å². The normalized spacial score (nSPS) is 25.6. The van der Waals surface area contributed by atoms with Crippen LogP contribution in [0.2, 0.25) is 0 Å². The standard InChI is InChI=1S/C17H28N2O/c1-19(2)17(10-4-3-5-11-17)13-18-15-7-6-8-16-14(15)9-12-20-16/h9,12,15,18H,3-8,10-11,13H2,1-2H3. The van der Waals surface area contributed by atoms with Gasteiger partial charge in [-0.1, -0.05) is 19.3 Å². The van der Waals surface area contributed by atoms with Crippen LogP contribution in [0, 0.1) is 0 Å². The number of furan rings is 1. The van der Waals surface area contributed by atoms with Gasteiger partial charge in [-0.15, -0.1) is 0 Å². The van der Waals surface area contributed by atoms with Gasteiger partial charge >= 0.3 is 0 Å². The summed E-state index contributed by atoms with van der Waals surface area (Å²) >= 11 is 0. The highest BCUT2D eigenvalue weighted by molar-refractivity contribution is 5.24. The van der Waals surface area contributed by atoms with Gasteiger partial charge in [-0.05, 0) is 45.8 Å². The van der Waals surface area contributed by atoms with Crippen LogP contribution >= 0.6 is 0 Å². The number of likely N-dealkylation sites (N-methyl/N-ethyl adjacent to an activating group) is 1. The quantitative estimate of drug-likeness (QED) is 0.912. The minimum Gasteiger partial charge on any atom is -0.469 e. The van der Waals surface area contributed by atoms with E-state index in [1.54, 1.807) is 0 Å². The summed E-state index contributed by atoms with van der Waals surface area (Å²) in [6.45, 7) is 1.11. The van der Waals surface area contributed by atoms with Crippen LogP contribution in [-0.2, 0) is 6.42 Å². The molecule has 1 aromatic rings. The van der Waals surface area contributed by atoms with Gasteiger partial charge < -0.3 is 14.6 Å². The lowest BCUT2D eigenvalue weighted by molar-refractivity contribution is 0.0941. The Morgan fingerprint density at radius 2 is 2.05 bits per heavy atom. The molecule has 0 spiro atoms. The zero-order valence-electron chi connectivity index (χ0n) is 13.0. The Balaban J connectivity index is 1.67. The smallest absolute Gasteiger partial charge is 0.108 e. The lowest BCUT2D eigenvalue weighted by Gasteiger charge is -2.44. The summed E-state index contributed by atoms with van der Waals surface area (Å²) in [5.74, 6) is 1.20. The molecule has 2 aliphatic carbocycles. The van der Waals surface area contributed by atoms with Crippen molar-refractivity contribution in [2.24, 2.45) is 0 Å². The van der Waals surface area contributed by atoms with Gasteiger partial charge in [-0.2, -0.15) is 0 Å². The molecular formula is C17H28N2O. The maximum absolute atomic E-state index is 5.60. The molecule has 20 heavy (non-hydrogen) atoms. The largest absolute Gasteiger partial charge is 0.469 e. The number of fused-ring (bicyclic) bond motifs is 1. The predicted molar refractivity (Wildman–Crippen MR) is 81.9 cm³/mol. The Morgan fingerprint density at radius 1 is 1.25 bits per heavy atom. The van der Waals surface area contributed by atoms with Gasteiger partial charge in [-0.25, -0.2) is 0 Å². The maximum atomic E-state index is 5.60. The molecule has 1 heterocycles. The van der Waals surface area contributed by atoms with E-state index >= 15 is 0 Å². The zero-order chi connectivity index (χ0) is 14.0. The first-order valence-electron chi connectivity index (χ1n) is 8.18. The molecule has 0 aliphatic heterocycles. The van der Waals surface area contributed by atoms with Crippen LogP contribution in [0.5, 0.6) is 0 Å². The first-order valence-corrected chi connectivity index (χ1v) is 8.18. The number of aryl methyl sites for hydroxylation is 1. The number of nitrogens with one attached hydrogen (secondary N) is 1. The third-order valence-electron chi connectivity index (χ3n) is 5.46. The van der Waals surface area contributed by atoms with Crippen LogP contribution in [0.1, 0.15) is 62.3 Å². The fourth-order valence-electron chi connectivity index (χ4n) is 4.00. The lowest BCUT2D eigenvalue weighted by atomic mass is 9.80. The van der Waals surface area contributed by atoms with E-state index in [0.29, 0.717) is 11.6 Å². The van der Waals surface area contributed by atoms with Gasteiger partial charge in [0, 0.05) is 30.1 Å². The van der Waals surface area contributed by atoms with E-state index in [1.165, 1.54) is 56.3 Å². The third-order valence-corrected chi connectivity index (χ3v) is 5.46. The van der Waals surface area contributed by atoms with Gasteiger partial charge in [0.05, 0.1) is 6.26 Å². The highest BCUT2D eigenvalue weighted by atomic mass is 16.3. The molecule has 1 N–H and O–H groups in total. The van der Waals surface area contributed by atoms with Crippen molar-refractivity contribution in [2.75, 3.05) is 20.6 Å². The van der Waals surface area contributed by atoms with E-state index < -0.39 is 0 Å². The van der Waals surface area contributed by atoms with Crippen molar-refractivity contribution < 1.29 is 4.42 Å². The van der Waals surface area contributed by atoms with Crippen molar-refractivity contribution in [3.05, 3.63) is 23.7 Å². The number of nitrogens with zero attached hydrogens (tertiary/aromatic N) is 1. The molecule has 3 heteroatoms. The van der Waals surface area contributed by atoms with Crippen molar-refractivity contribution >= 4 is 0 Å². The first kappa shape index (κ1) is 14.2. The average molecular weight is 276 g/mol. The van der Waals surface area contributed by atoms with Crippen molar-refractivity contribution in [1.82, 2.24) is 10.2 Å². The van der Waals surface area contributed by atoms with Crippen molar-refractivity contribution in [1.29, 1.82) is 0 Å². The summed E-state index contributed by atoms with van der Waals surface area (Å²) < 4.78 is 5.60. The Labute approximate surface area is 122 Å². The molecule has 1 saturated carbocycles. The van der Waals surface area contributed by atoms with Crippen LogP contribution in [-0.4, -0.2) is 31.1 Å². The van der Waals surface area contributed by atoms with Crippen LogP contribution in [0.4, 0.5) is 0 Å². The molecule has 0 aromatic carbocycles. The van der Waals surface area contributed by atoms with E-state index in [-0.39, 0.29) is 0 Å². The Morgan fingerprint density at radius 3 is 2.80 bits per heavy atom. The van der Waals surface area contributed by atoms with E-state index in [0.717, 1.165) is 13.0 Å². The van der Waals surface area contributed by atoms with Crippen molar-refractivity contribution in [3.8, 4) is 0 Å². The van der Waals surface area contributed by atoms with Gasteiger partial charge in [0.1, 0.15) is 5.76 Å². The molecule has 0 saturated heterocycles. The van der Waals surface area contributed by atoms with Crippen molar-refractivity contribution in [2.45, 2.75) is 62.9 Å². The summed E-state index contributed by atoms with van der Waals surface area (Å²) in [6, 6.07) is 2.66. The SMILES string of the molecule is CN(C)C1(CNC2CCCc3occc32)CCCCC1. The molecule has 0 bridgehead atoms. The molecule has 1 fully saturated rings. The summed E-state index contributed by atoms with van der Waals surface area (Å²) in [5, 5.41) is 3.85. The average Bonchev–Trinajstić information content (AvgIpc) is 2.95. The second kappa shape index (κ2) is 5.90. The molecule has 0 radical (unpaired) electrons. The summed E-state index contributed by atoms with van der Waals surface area (Å²) in [6.07, 6.45) is 12.3. The fraction of sp³-hybridized carbons (Fsp3) is 0.765. The molecular weight excluding hydrogens is 248 g/mol. The Bertz CT molecular complexity index is 432. The highest BCUT2D eigenvalue weighted by Crippen LogP contribution is 2.34. The predicted octanol–water partition coefficient (Wildman–Crippen LogP) is 3.51. The number of hydrogen-bond acceptors (Lipinski definition) is 3. The van der Waals surface area contributed by atoms with Gasteiger partial charge in [-0.3, -0.25) is 0 Å². The second-order valence-corrected chi connectivity index (χ2v) is 6.80. The van der Waals surface area contributed by atoms with E-state index in [4.69, 9.17) is 4.42 Å². The highest BCUT2D eigenvalue weighted by Gasteiger charge is 2.35. The van der Waals surface area contributed by atoms with E-state index in [2.05, 4.69) is 30.4 Å². The molecule has 1 aromatic heterocycles. The second-order valence-electron chi connectivity index (χ2n) is 6.80. The van der Waals surface area contributed by atoms with Gasteiger partial charge in [0.2, 0.25) is 0 Å². The lowest BCUT2D eigenvalue weighted by Crippen LogP contribution is -2.53. The molecule has 2 aliphatic rings. The molecule has 3 nitrogen and oxygen atoms in total. The summed E-state index contributed by atoms with van der Waals surface area (Å²) in [4.78, 5) is 2.46. The molecule has 3 rings (SSSR count). The monoisotopic (exact) mass is 276 g/mol. The van der Waals surface area contributed by atoms with Crippen LogP contribution in [0.25, 0.3) is 0 Å². The minimum absolute atomic E-state index is 0.361. The van der Waals surface area contributed by atoms with Crippen LogP contribution in [0.3, 0.4) is 0 Å². The summed E-state index contributed by atoms with van der Waals surface area (Å²) in [7, 11) is 4.49. The zero-order valence-corrected chi connectivity index (χ0v) is 13.0. The third kappa shape index (κ3) is 2.66. The van der Waals surface area contributed by atoms with Gasteiger partial charge in [0.15, 0.2) is 0 Å². The van der Waals surface area contributed by atoms with Crippen LogP contribution in [0.15, 0.2) is 16.7 Å². The fourth-order valence-corrected chi connectivity index (χ4v) is 4.00. The Hall–Kier alpha value is -0.800. The maximum Gasteiger partial charge on any atom is 0.108 e.